The van der Waals surface area contributed by atoms with Crippen LogP contribution in [0, 0.1) is 0 Å². The van der Waals surface area contributed by atoms with Crippen molar-refractivity contribution in [2.24, 2.45) is 0 Å². The number of allylic oxidation sites excluding steroid dienone is 1. The second kappa shape index (κ2) is 9.94. The lowest BCUT2D eigenvalue weighted by molar-refractivity contribution is 0.0943. The maximum atomic E-state index is 12.0. The van der Waals surface area contributed by atoms with Gasteiger partial charge in [-0.05, 0) is 38.5 Å². The summed E-state index contributed by atoms with van der Waals surface area (Å²) in [4.78, 5) is 20.2. The second-order valence-corrected chi connectivity index (χ2v) is 5.68. The molecule has 0 bridgehead atoms. The molecular weight excluding hydrogens is 292 g/mol. The van der Waals surface area contributed by atoms with Gasteiger partial charge in [-0.2, -0.15) is 0 Å². The molecule has 2 N–H and O–H groups in total. The maximum Gasteiger partial charge on any atom is 0.270 e. The first kappa shape index (κ1) is 17.4. The highest BCUT2D eigenvalue weighted by Gasteiger charge is 2.08. The molecule has 23 heavy (non-hydrogen) atoms. The predicted molar refractivity (Wildman–Crippen MR) is 90.5 cm³/mol. The van der Waals surface area contributed by atoms with Crippen molar-refractivity contribution >= 4 is 11.7 Å². The summed E-state index contributed by atoms with van der Waals surface area (Å²) in [7, 11) is 1.65. The largest absolute Gasteiger partial charge is 0.385 e. The van der Waals surface area contributed by atoms with Gasteiger partial charge in [0.25, 0.3) is 5.91 Å². The first-order chi connectivity index (χ1) is 11.3. The van der Waals surface area contributed by atoms with Gasteiger partial charge < -0.3 is 15.4 Å². The van der Waals surface area contributed by atoms with Gasteiger partial charge in [0.2, 0.25) is 0 Å². The van der Waals surface area contributed by atoms with Gasteiger partial charge in [0.15, 0.2) is 0 Å². The molecule has 1 aromatic heterocycles. The van der Waals surface area contributed by atoms with Crippen LogP contribution >= 0.6 is 0 Å². The van der Waals surface area contributed by atoms with Gasteiger partial charge >= 0.3 is 0 Å². The van der Waals surface area contributed by atoms with Crippen LogP contribution in [0.5, 0.6) is 0 Å². The number of nitrogens with zero attached hydrogens (tertiary/aromatic N) is 2. The Bertz CT molecular complexity index is 531. The number of aromatic nitrogens is 2. The molecule has 1 amide bonds. The first-order valence-electron chi connectivity index (χ1n) is 8.30. The maximum absolute atomic E-state index is 12.0. The lowest BCUT2D eigenvalue weighted by atomic mass is 9.97. The Morgan fingerprint density at radius 1 is 1.30 bits per heavy atom. The van der Waals surface area contributed by atoms with Crippen LogP contribution in [-0.4, -0.2) is 42.7 Å². The number of methoxy groups -OCH3 is 1. The summed E-state index contributed by atoms with van der Waals surface area (Å²) in [5.41, 5.74) is 1.91. The van der Waals surface area contributed by atoms with Crippen molar-refractivity contribution in [3.63, 3.8) is 0 Å². The summed E-state index contributed by atoms with van der Waals surface area (Å²) in [6, 6.07) is 1.70. The van der Waals surface area contributed by atoms with E-state index in [9.17, 15) is 4.79 Å². The molecule has 1 aliphatic carbocycles. The molecule has 0 atom stereocenters. The zero-order valence-corrected chi connectivity index (χ0v) is 13.8. The average molecular weight is 318 g/mol. The fourth-order valence-electron chi connectivity index (χ4n) is 2.57. The van der Waals surface area contributed by atoms with Crippen molar-refractivity contribution in [1.82, 2.24) is 15.3 Å². The minimum atomic E-state index is -0.179. The molecule has 0 aromatic carbocycles. The van der Waals surface area contributed by atoms with E-state index in [1.54, 1.807) is 13.2 Å². The molecule has 0 saturated heterocycles. The third kappa shape index (κ3) is 6.36. The molecule has 0 radical (unpaired) electrons. The van der Waals surface area contributed by atoms with Crippen molar-refractivity contribution in [2.45, 2.75) is 38.5 Å². The Balaban J connectivity index is 1.77. The van der Waals surface area contributed by atoms with E-state index in [-0.39, 0.29) is 5.91 Å². The molecule has 0 aliphatic heterocycles. The second-order valence-electron chi connectivity index (χ2n) is 5.68. The number of nitrogens with one attached hydrogen (secondary N) is 2. The highest BCUT2D eigenvalue weighted by molar-refractivity contribution is 5.92. The van der Waals surface area contributed by atoms with Crippen molar-refractivity contribution in [1.29, 1.82) is 0 Å². The van der Waals surface area contributed by atoms with E-state index in [1.807, 2.05) is 0 Å². The molecule has 1 aromatic rings. The number of carbonyl (C=O) groups excluding carboxylic acids is 1. The van der Waals surface area contributed by atoms with E-state index < -0.39 is 0 Å². The monoisotopic (exact) mass is 318 g/mol. The van der Waals surface area contributed by atoms with Crippen LogP contribution in [-0.2, 0) is 4.74 Å². The fraction of sp³-hybridized carbons (Fsp3) is 0.588. The quantitative estimate of drug-likeness (QED) is 0.540. The fourth-order valence-corrected chi connectivity index (χ4v) is 2.57. The predicted octanol–water partition coefficient (Wildman–Crippen LogP) is 2.55. The molecule has 1 aliphatic rings. The third-order valence-corrected chi connectivity index (χ3v) is 3.85. The number of anilines is 1. The lowest BCUT2D eigenvalue weighted by Crippen LogP contribution is -2.26. The smallest absolute Gasteiger partial charge is 0.270 e. The lowest BCUT2D eigenvalue weighted by Gasteiger charge is -2.13. The summed E-state index contributed by atoms with van der Waals surface area (Å²) in [5.74, 6) is 0.514. The zero-order valence-electron chi connectivity index (χ0n) is 13.8. The Morgan fingerprint density at radius 2 is 2.22 bits per heavy atom. The van der Waals surface area contributed by atoms with Crippen LogP contribution in [0.3, 0.4) is 0 Å². The topological polar surface area (TPSA) is 76.1 Å². The van der Waals surface area contributed by atoms with Crippen LogP contribution in [0.4, 0.5) is 5.82 Å². The standard InChI is InChI=1S/C17H26N4O2/c1-23-11-5-9-19-17(22)15-12-16(21-13-20-15)18-10-8-14-6-3-2-4-7-14/h6,12-13H,2-5,7-11H2,1H3,(H,19,22)(H,18,20,21). The highest BCUT2D eigenvalue weighted by atomic mass is 16.5. The van der Waals surface area contributed by atoms with Gasteiger partial charge in [-0.1, -0.05) is 11.6 Å². The number of amides is 1. The summed E-state index contributed by atoms with van der Waals surface area (Å²) < 4.78 is 4.95. The van der Waals surface area contributed by atoms with E-state index >= 15 is 0 Å². The molecule has 126 valence electrons. The van der Waals surface area contributed by atoms with E-state index in [2.05, 4.69) is 26.7 Å². The van der Waals surface area contributed by atoms with Gasteiger partial charge in [-0.15, -0.1) is 0 Å². The molecule has 2 rings (SSSR count). The van der Waals surface area contributed by atoms with Gasteiger partial charge in [0.1, 0.15) is 17.8 Å². The normalized spacial score (nSPS) is 14.2. The minimum Gasteiger partial charge on any atom is -0.385 e. The number of ether oxygens (including phenoxy) is 1. The minimum absolute atomic E-state index is 0.179. The van der Waals surface area contributed by atoms with E-state index in [0.29, 0.717) is 24.7 Å². The van der Waals surface area contributed by atoms with Crippen molar-refractivity contribution in [2.75, 3.05) is 32.1 Å². The number of hydrogen-bond acceptors (Lipinski definition) is 5. The number of hydrogen-bond donors (Lipinski definition) is 2. The van der Waals surface area contributed by atoms with Crippen LogP contribution in [0.15, 0.2) is 24.0 Å². The van der Waals surface area contributed by atoms with Crippen LogP contribution < -0.4 is 10.6 Å². The summed E-state index contributed by atoms with van der Waals surface area (Å²) in [6.45, 7) is 2.04. The average Bonchev–Trinajstić information content (AvgIpc) is 2.60. The van der Waals surface area contributed by atoms with Crippen LogP contribution in [0.25, 0.3) is 0 Å². The first-order valence-corrected chi connectivity index (χ1v) is 8.30. The third-order valence-electron chi connectivity index (χ3n) is 3.85. The van der Waals surface area contributed by atoms with Gasteiger partial charge in [0.05, 0.1) is 0 Å². The van der Waals surface area contributed by atoms with Crippen molar-refractivity contribution in [3.8, 4) is 0 Å². The number of carbonyl (C=O) groups is 1. The molecule has 0 unspecified atom stereocenters. The molecule has 6 nitrogen and oxygen atoms in total. The molecular formula is C17H26N4O2. The SMILES string of the molecule is COCCCNC(=O)c1cc(NCCC2=CCCCC2)ncn1. The van der Waals surface area contributed by atoms with E-state index in [4.69, 9.17) is 4.74 Å². The molecule has 0 spiro atoms. The van der Waals surface area contributed by atoms with Crippen LogP contribution in [0.1, 0.15) is 49.0 Å². The Labute approximate surface area is 137 Å². The van der Waals surface area contributed by atoms with Crippen molar-refractivity contribution < 1.29 is 9.53 Å². The summed E-state index contributed by atoms with van der Waals surface area (Å²) in [5, 5.41) is 6.09. The van der Waals surface area contributed by atoms with Crippen molar-refractivity contribution in [3.05, 3.63) is 29.7 Å². The van der Waals surface area contributed by atoms with E-state index in [1.165, 1.54) is 37.6 Å². The molecule has 6 heteroatoms. The summed E-state index contributed by atoms with van der Waals surface area (Å²) in [6.07, 6.45) is 10.6. The highest BCUT2D eigenvalue weighted by Crippen LogP contribution is 2.19. The molecule has 0 fully saturated rings. The zero-order chi connectivity index (χ0) is 16.3. The summed E-state index contributed by atoms with van der Waals surface area (Å²) >= 11 is 0. The Morgan fingerprint density at radius 3 is 3.00 bits per heavy atom. The van der Waals surface area contributed by atoms with Gasteiger partial charge in [-0.25, -0.2) is 9.97 Å². The van der Waals surface area contributed by atoms with E-state index in [0.717, 1.165) is 19.4 Å². The Hall–Kier alpha value is -1.95. The number of rotatable bonds is 9. The van der Waals surface area contributed by atoms with Crippen LogP contribution in [0.2, 0.25) is 0 Å². The van der Waals surface area contributed by atoms with Gasteiger partial charge in [0, 0.05) is 32.9 Å². The Kier molecular flexibility index (Phi) is 7.52. The molecule has 1 heterocycles. The molecule has 0 saturated carbocycles. The van der Waals surface area contributed by atoms with Gasteiger partial charge in [-0.3, -0.25) is 4.79 Å².